The number of hydrogen-bond donors (Lipinski definition) is 0. The highest BCUT2D eigenvalue weighted by atomic mass is 35.5. The van der Waals surface area contributed by atoms with Crippen molar-refractivity contribution < 1.29 is 9.15 Å². The molecule has 0 aliphatic heterocycles. The van der Waals surface area contributed by atoms with Crippen molar-refractivity contribution in [2.75, 3.05) is 0 Å². The van der Waals surface area contributed by atoms with Crippen LogP contribution < -0.4 is 4.74 Å². The first-order chi connectivity index (χ1) is 9.22. The number of aryl methyl sites for hydroxylation is 1. The molecule has 0 saturated carbocycles. The van der Waals surface area contributed by atoms with Gasteiger partial charge < -0.3 is 9.15 Å². The maximum Gasteiger partial charge on any atom is 0.146 e. The Bertz CT molecular complexity index is 698. The predicted molar refractivity (Wildman–Crippen MR) is 76.7 cm³/mol. The van der Waals surface area contributed by atoms with Gasteiger partial charge in [0.15, 0.2) is 0 Å². The van der Waals surface area contributed by atoms with Gasteiger partial charge in [-0.15, -0.1) is 0 Å². The lowest BCUT2D eigenvalue weighted by Gasteiger charge is -2.03. The molecular formula is C16H13ClO2. The van der Waals surface area contributed by atoms with Crippen molar-refractivity contribution in [1.82, 2.24) is 0 Å². The molecule has 0 bridgehead atoms. The van der Waals surface area contributed by atoms with Crippen molar-refractivity contribution in [3.8, 4) is 5.75 Å². The Kier molecular flexibility index (Phi) is 3.18. The molecule has 19 heavy (non-hydrogen) atoms. The van der Waals surface area contributed by atoms with Crippen LogP contribution >= 0.6 is 11.6 Å². The number of ether oxygens (including phenoxy) is 1. The smallest absolute Gasteiger partial charge is 0.146 e. The quantitative estimate of drug-likeness (QED) is 0.671. The Morgan fingerprint density at radius 1 is 1.11 bits per heavy atom. The molecule has 0 aliphatic carbocycles. The highest BCUT2D eigenvalue weighted by molar-refractivity contribution is 6.30. The van der Waals surface area contributed by atoms with Crippen molar-refractivity contribution in [3.05, 3.63) is 64.9 Å². The van der Waals surface area contributed by atoms with E-state index in [9.17, 15) is 0 Å². The maximum absolute atomic E-state index is 5.83. The minimum Gasteiger partial charge on any atom is -0.486 e. The summed E-state index contributed by atoms with van der Waals surface area (Å²) in [5.41, 5.74) is 2.06. The fourth-order valence-corrected chi connectivity index (χ4v) is 2.14. The Morgan fingerprint density at radius 3 is 2.63 bits per heavy atom. The topological polar surface area (TPSA) is 22.4 Å². The van der Waals surface area contributed by atoms with Gasteiger partial charge in [0.2, 0.25) is 0 Å². The predicted octanol–water partition coefficient (Wildman–Crippen LogP) is 4.97. The van der Waals surface area contributed by atoms with Gasteiger partial charge in [-0.1, -0.05) is 29.8 Å². The molecule has 2 nitrogen and oxygen atoms in total. The number of fused-ring (bicyclic) bond motifs is 1. The molecule has 0 amide bonds. The molecule has 0 aliphatic rings. The molecule has 0 radical (unpaired) electrons. The average Bonchev–Trinajstić information content (AvgIpc) is 2.83. The molecule has 3 rings (SSSR count). The lowest BCUT2D eigenvalue weighted by Crippen LogP contribution is -1.92. The zero-order valence-electron chi connectivity index (χ0n) is 10.5. The van der Waals surface area contributed by atoms with Crippen molar-refractivity contribution in [2.45, 2.75) is 13.5 Å². The van der Waals surface area contributed by atoms with Gasteiger partial charge in [0, 0.05) is 10.4 Å². The Hall–Kier alpha value is -1.93. The van der Waals surface area contributed by atoms with Crippen molar-refractivity contribution in [2.24, 2.45) is 0 Å². The van der Waals surface area contributed by atoms with Crippen molar-refractivity contribution in [3.63, 3.8) is 0 Å². The van der Waals surface area contributed by atoms with E-state index in [1.54, 1.807) is 12.1 Å². The molecule has 1 aromatic heterocycles. The van der Waals surface area contributed by atoms with E-state index in [0.717, 1.165) is 28.0 Å². The normalized spacial score (nSPS) is 10.8. The van der Waals surface area contributed by atoms with E-state index in [1.807, 2.05) is 43.3 Å². The zero-order valence-corrected chi connectivity index (χ0v) is 11.3. The van der Waals surface area contributed by atoms with Crippen LogP contribution in [-0.2, 0) is 6.61 Å². The average molecular weight is 273 g/mol. The second-order valence-corrected chi connectivity index (χ2v) is 4.89. The van der Waals surface area contributed by atoms with E-state index in [4.69, 9.17) is 20.8 Å². The van der Waals surface area contributed by atoms with Crippen molar-refractivity contribution in [1.29, 1.82) is 0 Å². The standard InChI is InChI=1S/C16H13ClO2/c1-11-3-2-4-12-9-15(19-16(11)12)10-18-14-7-5-13(17)6-8-14/h2-9H,10H2,1H3. The number of furan rings is 1. The van der Waals surface area contributed by atoms with Gasteiger partial charge >= 0.3 is 0 Å². The maximum atomic E-state index is 5.83. The van der Waals surface area contributed by atoms with E-state index >= 15 is 0 Å². The van der Waals surface area contributed by atoms with Crippen LogP contribution in [-0.4, -0.2) is 0 Å². The molecule has 3 aromatic rings. The fourth-order valence-electron chi connectivity index (χ4n) is 2.02. The van der Waals surface area contributed by atoms with Gasteiger partial charge in [-0.3, -0.25) is 0 Å². The molecule has 0 N–H and O–H groups in total. The van der Waals surface area contributed by atoms with Crippen LogP contribution in [0.25, 0.3) is 11.0 Å². The first kappa shape index (κ1) is 12.1. The van der Waals surface area contributed by atoms with Crippen LogP contribution in [0.2, 0.25) is 5.02 Å². The summed E-state index contributed by atoms with van der Waals surface area (Å²) in [5, 5.41) is 1.81. The SMILES string of the molecule is Cc1cccc2cc(COc3ccc(Cl)cc3)oc12. The van der Waals surface area contributed by atoms with Crippen LogP contribution in [0.4, 0.5) is 0 Å². The zero-order chi connectivity index (χ0) is 13.2. The summed E-state index contributed by atoms with van der Waals surface area (Å²) in [7, 11) is 0. The summed E-state index contributed by atoms with van der Waals surface area (Å²) in [4.78, 5) is 0. The third kappa shape index (κ3) is 2.59. The summed E-state index contributed by atoms with van der Waals surface area (Å²) in [6, 6.07) is 15.4. The molecule has 96 valence electrons. The molecule has 3 heteroatoms. The van der Waals surface area contributed by atoms with Gasteiger partial charge in [0.25, 0.3) is 0 Å². The Morgan fingerprint density at radius 2 is 1.89 bits per heavy atom. The second kappa shape index (κ2) is 4.98. The summed E-state index contributed by atoms with van der Waals surface area (Å²) in [6.07, 6.45) is 0. The van der Waals surface area contributed by atoms with E-state index in [0.29, 0.717) is 11.6 Å². The summed E-state index contributed by atoms with van der Waals surface area (Å²) in [6.45, 7) is 2.45. The highest BCUT2D eigenvalue weighted by Crippen LogP contribution is 2.24. The number of rotatable bonds is 3. The summed E-state index contributed by atoms with van der Waals surface area (Å²) >= 11 is 5.83. The Balaban J connectivity index is 1.78. The molecule has 0 atom stereocenters. The molecule has 2 aromatic carbocycles. The van der Waals surface area contributed by atoms with E-state index in [-0.39, 0.29) is 0 Å². The lowest BCUT2D eigenvalue weighted by molar-refractivity contribution is 0.274. The number of para-hydroxylation sites is 1. The van der Waals surface area contributed by atoms with Gasteiger partial charge in [-0.25, -0.2) is 0 Å². The first-order valence-electron chi connectivity index (χ1n) is 6.09. The summed E-state index contributed by atoms with van der Waals surface area (Å²) in [5.74, 6) is 1.60. The van der Waals surface area contributed by atoms with Crippen molar-refractivity contribution >= 4 is 22.6 Å². The number of hydrogen-bond acceptors (Lipinski definition) is 2. The molecule has 0 fully saturated rings. The monoisotopic (exact) mass is 272 g/mol. The molecular weight excluding hydrogens is 260 g/mol. The van der Waals surface area contributed by atoms with Gasteiger partial charge in [0.05, 0.1) is 0 Å². The molecule has 0 saturated heterocycles. The second-order valence-electron chi connectivity index (χ2n) is 4.45. The summed E-state index contributed by atoms with van der Waals surface area (Å²) < 4.78 is 11.5. The lowest BCUT2D eigenvalue weighted by atomic mass is 10.2. The van der Waals surface area contributed by atoms with E-state index in [2.05, 4.69) is 0 Å². The van der Waals surface area contributed by atoms with E-state index in [1.165, 1.54) is 0 Å². The minimum absolute atomic E-state index is 0.412. The van der Waals surface area contributed by atoms with Crippen LogP contribution in [0.15, 0.2) is 52.9 Å². The largest absolute Gasteiger partial charge is 0.486 e. The number of benzene rings is 2. The number of halogens is 1. The molecule has 0 unspecified atom stereocenters. The van der Waals surface area contributed by atoms with E-state index < -0.39 is 0 Å². The van der Waals surface area contributed by atoms with Crippen LogP contribution in [0.5, 0.6) is 5.75 Å². The Labute approximate surface area is 116 Å². The molecule has 0 spiro atoms. The van der Waals surface area contributed by atoms with Crippen LogP contribution in [0, 0.1) is 6.92 Å². The van der Waals surface area contributed by atoms with Crippen LogP contribution in [0.1, 0.15) is 11.3 Å². The fraction of sp³-hybridized carbons (Fsp3) is 0.125. The van der Waals surface area contributed by atoms with Gasteiger partial charge in [0.1, 0.15) is 23.7 Å². The third-order valence-electron chi connectivity index (χ3n) is 2.99. The highest BCUT2D eigenvalue weighted by Gasteiger charge is 2.06. The first-order valence-corrected chi connectivity index (χ1v) is 6.46. The minimum atomic E-state index is 0.412. The molecule has 1 heterocycles. The van der Waals surface area contributed by atoms with Gasteiger partial charge in [-0.2, -0.15) is 0 Å². The third-order valence-corrected chi connectivity index (χ3v) is 3.24. The van der Waals surface area contributed by atoms with Gasteiger partial charge in [-0.05, 0) is 42.8 Å². The van der Waals surface area contributed by atoms with Crippen LogP contribution in [0.3, 0.4) is 0 Å².